The third kappa shape index (κ3) is 2.66. The molecular formula is C14H13N5O2. The molecule has 0 radical (unpaired) electrons. The average molecular weight is 283 g/mol. The number of carboxylic acids is 1. The largest absolute Gasteiger partial charge is 0.476 e. The molecule has 0 aliphatic rings. The normalized spacial score (nSPS) is 10.7. The van der Waals surface area contributed by atoms with Crippen molar-refractivity contribution in [2.24, 2.45) is 0 Å². The quantitative estimate of drug-likeness (QED) is 0.739. The van der Waals surface area contributed by atoms with Crippen LogP contribution in [0.2, 0.25) is 0 Å². The summed E-state index contributed by atoms with van der Waals surface area (Å²) in [6, 6.07) is 9.14. The summed E-state index contributed by atoms with van der Waals surface area (Å²) in [5, 5.41) is 24.9. The fourth-order valence-electron chi connectivity index (χ4n) is 2.11. The molecule has 7 nitrogen and oxygen atoms in total. The molecule has 0 spiro atoms. The summed E-state index contributed by atoms with van der Waals surface area (Å²) in [6.45, 7) is 1.17. The lowest BCUT2D eigenvalue weighted by Crippen LogP contribution is -2.15. The predicted molar refractivity (Wildman–Crippen MR) is 77.2 cm³/mol. The Kier molecular flexibility index (Phi) is 3.46. The van der Waals surface area contributed by atoms with Crippen molar-refractivity contribution in [2.75, 3.05) is 11.9 Å². The van der Waals surface area contributed by atoms with Gasteiger partial charge in [-0.25, -0.2) is 4.79 Å². The zero-order chi connectivity index (χ0) is 14.7. The molecule has 0 aliphatic carbocycles. The Morgan fingerprint density at radius 2 is 2.10 bits per heavy atom. The number of aromatic nitrogens is 4. The molecule has 0 saturated carbocycles. The molecule has 0 fully saturated rings. The van der Waals surface area contributed by atoms with Gasteiger partial charge in [0.1, 0.15) is 0 Å². The van der Waals surface area contributed by atoms with E-state index in [-0.39, 0.29) is 5.69 Å². The molecule has 0 amide bonds. The molecule has 2 heterocycles. The number of aromatic carboxylic acids is 1. The molecule has 3 aromatic rings. The van der Waals surface area contributed by atoms with Crippen molar-refractivity contribution in [2.45, 2.75) is 6.54 Å². The maximum absolute atomic E-state index is 11.3. The highest BCUT2D eigenvalue weighted by Gasteiger charge is 2.16. The van der Waals surface area contributed by atoms with E-state index in [2.05, 4.69) is 20.6 Å². The lowest BCUT2D eigenvalue weighted by molar-refractivity contribution is 0.0690. The van der Waals surface area contributed by atoms with Crippen molar-refractivity contribution >= 4 is 22.6 Å². The van der Waals surface area contributed by atoms with E-state index in [4.69, 9.17) is 0 Å². The highest BCUT2D eigenvalue weighted by Crippen LogP contribution is 2.24. The van der Waals surface area contributed by atoms with Gasteiger partial charge in [0.2, 0.25) is 0 Å². The first-order valence-corrected chi connectivity index (χ1v) is 6.46. The zero-order valence-corrected chi connectivity index (χ0v) is 11.1. The summed E-state index contributed by atoms with van der Waals surface area (Å²) in [5.41, 5.74) is 1.07. The van der Waals surface area contributed by atoms with E-state index in [1.807, 2.05) is 30.5 Å². The number of carbonyl (C=O) groups is 1. The molecule has 21 heavy (non-hydrogen) atoms. The number of rotatable bonds is 5. The summed E-state index contributed by atoms with van der Waals surface area (Å²) in [6.07, 6.45) is 3.55. The van der Waals surface area contributed by atoms with Gasteiger partial charge in [0.25, 0.3) is 0 Å². The molecule has 0 aliphatic heterocycles. The first-order valence-electron chi connectivity index (χ1n) is 6.46. The van der Waals surface area contributed by atoms with Gasteiger partial charge in [-0.15, -0.1) is 10.2 Å². The van der Waals surface area contributed by atoms with Crippen molar-refractivity contribution < 1.29 is 9.90 Å². The maximum atomic E-state index is 11.3. The third-order valence-electron chi connectivity index (χ3n) is 3.07. The van der Waals surface area contributed by atoms with Gasteiger partial charge in [0, 0.05) is 24.3 Å². The SMILES string of the molecule is O=C(O)c1nnc2ccccc2c1NCCn1cccn1. The van der Waals surface area contributed by atoms with Crippen LogP contribution in [0.15, 0.2) is 42.7 Å². The van der Waals surface area contributed by atoms with Crippen molar-refractivity contribution in [3.63, 3.8) is 0 Å². The minimum absolute atomic E-state index is 0.0748. The summed E-state index contributed by atoms with van der Waals surface area (Å²) in [7, 11) is 0. The smallest absolute Gasteiger partial charge is 0.358 e. The van der Waals surface area contributed by atoms with Crippen molar-refractivity contribution in [3.8, 4) is 0 Å². The number of fused-ring (bicyclic) bond motifs is 1. The van der Waals surface area contributed by atoms with Gasteiger partial charge in [0.05, 0.1) is 17.7 Å². The molecule has 0 atom stereocenters. The molecule has 0 unspecified atom stereocenters. The van der Waals surface area contributed by atoms with Gasteiger partial charge >= 0.3 is 5.97 Å². The number of nitrogens with one attached hydrogen (secondary N) is 1. The highest BCUT2D eigenvalue weighted by molar-refractivity contribution is 6.02. The summed E-state index contributed by atoms with van der Waals surface area (Å²) in [4.78, 5) is 11.3. The number of hydrogen-bond donors (Lipinski definition) is 2. The van der Waals surface area contributed by atoms with Crippen LogP contribution in [0.4, 0.5) is 5.69 Å². The Morgan fingerprint density at radius 3 is 2.86 bits per heavy atom. The van der Waals surface area contributed by atoms with Gasteiger partial charge in [0.15, 0.2) is 5.69 Å². The van der Waals surface area contributed by atoms with E-state index in [1.54, 1.807) is 16.9 Å². The molecule has 3 rings (SSSR count). The summed E-state index contributed by atoms with van der Waals surface area (Å²) >= 11 is 0. The average Bonchev–Trinajstić information content (AvgIpc) is 3.00. The number of hydrogen-bond acceptors (Lipinski definition) is 5. The Bertz CT molecular complexity index is 770. The molecule has 2 aromatic heterocycles. The lowest BCUT2D eigenvalue weighted by Gasteiger charge is -2.11. The fourth-order valence-corrected chi connectivity index (χ4v) is 2.11. The molecule has 0 bridgehead atoms. The van der Waals surface area contributed by atoms with Crippen molar-refractivity contribution in [1.29, 1.82) is 0 Å². The second kappa shape index (κ2) is 5.58. The molecule has 2 N–H and O–H groups in total. The monoisotopic (exact) mass is 283 g/mol. The molecule has 0 saturated heterocycles. The van der Waals surface area contributed by atoms with Gasteiger partial charge in [-0.3, -0.25) is 4.68 Å². The standard InChI is InChI=1S/C14H13N5O2/c20-14(21)13-12(15-7-9-19-8-3-6-16-19)10-4-1-2-5-11(10)17-18-13/h1-6,8H,7,9H2,(H,15,17)(H,20,21). The zero-order valence-electron chi connectivity index (χ0n) is 11.1. The van der Waals surface area contributed by atoms with Crippen LogP contribution in [0.25, 0.3) is 10.9 Å². The van der Waals surface area contributed by atoms with Gasteiger partial charge < -0.3 is 10.4 Å². The molecule has 7 heteroatoms. The van der Waals surface area contributed by atoms with E-state index in [9.17, 15) is 9.90 Å². The molecular weight excluding hydrogens is 270 g/mol. The van der Waals surface area contributed by atoms with Gasteiger partial charge in [-0.05, 0) is 12.1 Å². The van der Waals surface area contributed by atoms with E-state index in [1.165, 1.54) is 0 Å². The number of anilines is 1. The van der Waals surface area contributed by atoms with E-state index >= 15 is 0 Å². The third-order valence-corrected chi connectivity index (χ3v) is 3.07. The van der Waals surface area contributed by atoms with E-state index in [0.29, 0.717) is 24.3 Å². The van der Waals surface area contributed by atoms with Crippen LogP contribution >= 0.6 is 0 Å². The lowest BCUT2D eigenvalue weighted by atomic mass is 10.1. The number of benzene rings is 1. The van der Waals surface area contributed by atoms with Gasteiger partial charge in [-0.2, -0.15) is 5.10 Å². The summed E-state index contributed by atoms with van der Waals surface area (Å²) < 4.78 is 1.77. The predicted octanol–water partition coefficient (Wildman–Crippen LogP) is 1.64. The first kappa shape index (κ1) is 13.0. The highest BCUT2D eigenvalue weighted by atomic mass is 16.4. The van der Waals surface area contributed by atoms with Crippen LogP contribution in [0.5, 0.6) is 0 Å². The number of nitrogens with zero attached hydrogens (tertiary/aromatic N) is 4. The van der Waals surface area contributed by atoms with Crippen LogP contribution < -0.4 is 5.32 Å². The van der Waals surface area contributed by atoms with Crippen LogP contribution in [-0.4, -0.2) is 37.6 Å². The Morgan fingerprint density at radius 1 is 1.24 bits per heavy atom. The van der Waals surface area contributed by atoms with Gasteiger partial charge in [-0.1, -0.05) is 18.2 Å². The van der Waals surface area contributed by atoms with E-state index in [0.717, 1.165) is 5.39 Å². The first-order chi connectivity index (χ1) is 10.3. The molecule has 1 aromatic carbocycles. The maximum Gasteiger partial charge on any atom is 0.358 e. The Hall–Kier alpha value is -2.96. The Labute approximate surface area is 120 Å². The number of carboxylic acid groups (broad SMARTS) is 1. The van der Waals surface area contributed by atoms with E-state index < -0.39 is 5.97 Å². The van der Waals surface area contributed by atoms with Crippen molar-refractivity contribution in [1.82, 2.24) is 20.0 Å². The summed E-state index contributed by atoms with van der Waals surface area (Å²) in [5.74, 6) is -1.10. The van der Waals surface area contributed by atoms with Crippen LogP contribution in [0.3, 0.4) is 0 Å². The van der Waals surface area contributed by atoms with Crippen LogP contribution in [0, 0.1) is 0 Å². The second-order valence-corrected chi connectivity index (χ2v) is 4.44. The minimum Gasteiger partial charge on any atom is -0.476 e. The minimum atomic E-state index is -1.10. The molecule has 106 valence electrons. The fraction of sp³-hybridized carbons (Fsp3) is 0.143. The van der Waals surface area contributed by atoms with Crippen molar-refractivity contribution in [3.05, 3.63) is 48.4 Å². The second-order valence-electron chi connectivity index (χ2n) is 4.44. The topological polar surface area (TPSA) is 92.9 Å². The Balaban J connectivity index is 1.90. The van der Waals surface area contributed by atoms with Crippen LogP contribution in [0.1, 0.15) is 10.5 Å². The van der Waals surface area contributed by atoms with Crippen LogP contribution in [-0.2, 0) is 6.54 Å².